The van der Waals surface area contributed by atoms with Gasteiger partial charge < -0.3 is 4.57 Å². The molecule has 0 aliphatic carbocycles. The smallest absolute Gasteiger partial charge is 0.240 e. The molecule has 6 heteroatoms. The second-order valence-electron chi connectivity index (χ2n) is 16.0. The molecule has 0 bridgehead atoms. The maximum atomic E-state index is 5.53. The van der Waals surface area contributed by atoms with Crippen LogP contribution in [0.4, 0.5) is 0 Å². The number of fused-ring (bicyclic) bond motifs is 10. The molecule has 0 fully saturated rings. The largest absolute Gasteiger partial charge is 0.307 e. The maximum Gasteiger partial charge on any atom is 0.240 e. The topological polar surface area (TPSA) is 53.5 Å². The van der Waals surface area contributed by atoms with Crippen LogP contribution in [0.25, 0.3) is 117 Å². The first-order valence-corrected chi connectivity index (χ1v) is 21.3. The molecule has 0 amide bonds. The summed E-state index contributed by atoms with van der Waals surface area (Å²) in [6.07, 6.45) is 0. The van der Waals surface area contributed by atoms with Crippen LogP contribution in [0.1, 0.15) is 0 Å². The Balaban J connectivity index is 1.16. The highest BCUT2D eigenvalue weighted by molar-refractivity contribution is 6.24. The SMILES string of the molecule is c1ccc(-c2ccc(-c3nc(-n4c5ccccc5c5ccccc54)nc(-n4c5ccccc5c5ccc6c7ccccc7n(-c7ccccc7-c7ccccc7)c6c54)n3)cc2)cc1. The predicted molar refractivity (Wildman–Crippen MR) is 259 cm³/mol. The molecule has 13 aromatic rings. The second kappa shape index (κ2) is 14.0. The third-order valence-corrected chi connectivity index (χ3v) is 12.5. The summed E-state index contributed by atoms with van der Waals surface area (Å²) < 4.78 is 6.91. The van der Waals surface area contributed by atoms with Crippen LogP contribution in [-0.4, -0.2) is 28.7 Å². The Bertz CT molecular complexity index is 3840. The van der Waals surface area contributed by atoms with E-state index in [0.29, 0.717) is 17.7 Å². The van der Waals surface area contributed by atoms with Crippen LogP contribution in [0.5, 0.6) is 0 Å². The van der Waals surface area contributed by atoms with Gasteiger partial charge in [0.15, 0.2) is 5.82 Å². The second-order valence-corrected chi connectivity index (χ2v) is 16.0. The van der Waals surface area contributed by atoms with E-state index in [4.69, 9.17) is 15.0 Å². The van der Waals surface area contributed by atoms with Crippen molar-refractivity contribution in [1.82, 2.24) is 28.7 Å². The highest BCUT2D eigenvalue weighted by Gasteiger charge is 2.25. The Morgan fingerprint density at radius 1 is 0.254 bits per heavy atom. The molecule has 0 saturated heterocycles. The predicted octanol–water partition coefficient (Wildman–Crippen LogP) is 14.2. The summed E-state index contributed by atoms with van der Waals surface area (Å²) in [7, 11) is 0. The lowest BCUT2D eigenvalue weighted by molar-refractivity contribution is 0.893. The van der Waals surface area contributed by atoms with Crippen molar-refractivity contribution in [2.45, 2.75) is 0 Å². The molecule has 0 radical (unpaired) electrons. The van der Waals surface area contributed by atoms with E-state index < -0.39 is 0 Å². The Labute approximate surface area is 362 Å². The molecule has 0 N–H and O–H groups in total. The van der Waals surface area contributed by atoms with E-state index in [2.05, 4.69) is 226 Å². The minimum Gasteiger partial charge on any atom is -0.307 e. The average Bonchev–Trinajstić information content (AvgIpc) is 4.00. The van der Waals surface area contributed by atoms with E-state index in [9.17, 15) is 0 Å². The Kier molecular flexibility index (Phi) is 7.80. The standard InChI is InChI=1S/C57H36N6/c1-3-17-37(18-4-1)38-31-33-40(34-32-38)55-58-56(62-50-28-14-8-22-42(50)43-23-9-15-29-51(43)62)60-57(59-55)63-52-30-16-11-25-45(52)47-36-35-46-44-24-10-13-27-49(44)61(53(46)54(47)63)48-26-12-7-21-41(48)39-19-5-2-6-20-39/h1-36H. The summed E-state index contributed by atoms with van der Waals surface area (Å²) in [5, 5.41) is 6.85. The molecular weight excluding hydrogens is 769 g/mol. The van der Waals surface area contributed by atoms with Gasteiger partial charge in [-0.1, -0.05) is 188 Å². The fourth-order valence-corrected chi connectivity index (χ4v) is 9.75. The number of hydrogen-bond donors (Lipinski definition) is 0. The highest BCUT2D eigenvalue weighted by atomic mass is 15.3. The number of benzene rings is 9. The molecule has 0 unspecified atom stereocenters. The number of rotatable bonds is 6. The molecule has 0 aliphatic heterocycles. The molecule has 0 saturated carbocycles. The number of aromatic nitrogens is 6. The van der Waals surface area contributed by atoms with Crippen LogP contribution in [0.2, 0.25) is 0 Å². The van der Waals surface area contributed by atoms with Crippen molar-refractivity contribution in [3.05, 3.63) is 218 Å². The highest BCUT2D eigenvalue weighted by Crippen LogP contribution is 2.43. The lowest BCUT2D eigenvalue weighted by Gasteiger charge is -2.16. The molecule has 9 aromatic carbocycles. The van der Waals surface area contributed by atoms with Gasteiger partial charge in [-0.3, -0.25) is 9.13 Å². The van der Waals surface area contributed by atoms with Crippen LogP contribution >= 0.6 is 0 Å². The molecule has 63 heavy (non-hydrogen) atoms. The fraction of sp³-hybridized carbons (Fsp3) is 0. The lowest BCUT2D eigenvalue weighted by Crippen LogP contribution is -2.10. The van der Waals surface area contributed by atoms with Crippen LogP contribution < -0.4 is 0 Å². The van der Waals surface area contributed by atoms with Gasteiger partial charge in [0.25, 0.3) is 0 Å². The quantitative estimate of drug-likeness (QED) is 0.168. The maximum absolute atomic E-state index is 5.53. The molecule has 4 heterocycles. The van der Waals surface area contributed by atoms with Gasteiger partial charge in [-0.05, 0) is 47.0 Å². The van der Waals surface area contributed by atoms with Gasteiger partial charge in [0, 0.05) is 43.4 Å². The van der Waals surface area contributed by atoms with Crippen LogP contribution in [-0.2, 0) is 0 Å². The summed E-state index contributed by atoms with van der Waals surface area (Å²) in [4.78, 5) is 16.3. The molecule has 294 valence electrons. The van der Waals surface area contributed by atoms with Gasteiger partial charge in [-0.2, -0.15) is 15.0 Å². The van der Waals surface area contributed by atoms with Crippen molar-refractivity contribution in [2.75, 3.05) is 0 Å². The zero-order valence-electron chi connectivity index (χ0n) is 34.0. The van der Waals surface area contributed by atoms with E-state index in [1.54, 1.807) is 0 Å². The van der Waals surface area contributed by atoms with Crippen molar-refractivity contribution in [3.63, 3.8) is 0 Å². The van der Waals surface area contributed by atoms with E-state index >= 15 is 0 Å². The third-order valence-electron chi connectivity index (χ3n) is 12.5. The van der Waals surface area contributed by atoms with Gasteiger partial charge in [0.05, 0.1) is 38.8 Å². The minimum absolute atomic E-state index is 0.538. The number of hydrogen-bond acceptors (Lipinski definition) is 3. The van der Waals surface area contributed by atoms with E-state index in [0.717, 1.165) is 93.5 Å². The molecule has 0 spiro atoms. The fourth-order valence-electron chi connectivity index (χ4n) is 9.75. The lowest BCUT2D eigenvalue weighted by atomic mass is 10.0. The average molecular weight is 805 g/mol. The van der Waals surface area contributed by atoms with Crippen LogP contribution in [0.15, 0.2) is 218 Å². The normalized spacial score (nSPS) is 11.8. The number of nitrogens with zero attached hydrogens (tertiary/aromatic N) is 6. The van der Waals surface area contributed by atoms with Gasteiger partial charge in [0.1, 0.15) is 0 Å². The minimum atomic E-state index is 0.538. The molecule has 4 aromatic heterocycles. The number of para-hydroxylation sites is 5. The van der Waals surface area contributed by atoms with E-state index in [1.165, 1.54) is 5.39 Å². The zero-order valence-corrected chi connectivity index (χ0v) is 34.0. The molecule has 13 rings (SSSR count). The van der Waals surface area contributed by atoms with Gasteiger partial charge in [-0.25, -0.2) is 0 Å². The van der Waals surface area contributed by atoms with E-state index in [-0.39, 0.29) is 0 Å². The summed E-state index contributed by atoms with van der Waals surface area (Å²) in [6.45, 7) is 0. The van der Waals surface area contributed by atoms with Gasteiger partial charge >= 0.3 is 0 Å². The summed E-state index contributed by atoms with van der Waals surface area (Å²) in [6, 6.07) is 77.3. The van der Waals surface area contributed by atoms with Crippen LogP contribution in [0.3, 0.4) is 0 Å². The van der Waals surface area contributed by atoms with Gasteiger partial charge in [0.2, 0.25) is 11.9 Å². The first-order chi connectivity index (χ1) is 31.3. The third kappa shape index (κ3) is 5.41. The zero-order chi connectivity index (χ0) is 41.4. The van der Waals surface area contributed by atoms with Crippen molar-refractivity contribution in [3.8, 4) is 51.2 Å². The van der Waals surface area contributed by atoms with Crippen molar-refractivity contribution in [2.24, 2.45) is 0 Å². The van der Waals surface area contributed by atoms with Crippen molar-refractivity contribution < 1.29 is 0 Å². The summed E-state index contributed by atoms with van der Waals surface area (Å²) in [5.41, 5.74) is 12.9. The van der Waals surface area contributed by atoms with Crippen LogP contribution in [0, 0.1) is 0 Å². The molecular formula is C57H36N6. The van der Waals surface area contributed by atoms with Crippen molar-refractivity contribution >= 4 is 65.4 Å². The van der Waals surface area contributed by atoms with E-state index in [1.807, 2.05) is 6.07 Å². The summed E-state index contributed by atoms with van der Waals surface area (Å²) >= 11 is 0. The molecule has 0 aliphatic rings. The monoisotopic (exact) mass is 804 g/mol. The Morgan fingerprint density at radius 2 is 0.651 bits per heavy atom. The summed E-state index contributed by atoms with van der Waals surface area (Å²) in [5.74, 6) is 1.67. The Hall–Kier alpha value is -8.61. The van der Waals surface area contributed by atoms with Gasteiger partial charge in [-0.15, -0.1) is 0 Å². The molecule has 6 nitrogen and oxygen atoms in total. The Morgan fingerprint density at radius 3 is 1.24 bits per heavy atom. The molecule has 0 atom stereocenters. The first kappa shape index (κ1) is 35.2. The van der Waals surface area contributed by atoms with Crippen molar-refractivity contribution in [1.29, 1.82) is 0 Å². The first-order valence-electron chi connectivity index (χ1n) is 21.3.